The lowest BCUT2D eigenvalue weighted by atomic mass is 9.85. The van der Waals surface area contributed by atoms with Crippen molar-refractivity contribution in [2.45, 2.75) is 89.3 Å². The van der Waals surface area contributed by atoms with E-state index in [4.69, 9.17) is 11.5 Å². The van der Waals surface area contributed by atoms with Gasteiger partial charge in [-0.05, 0) is 65.9 Å². The van der Waals surface area contributed by atoms with E-state index in [1.165, 1.54) is 23.8 Å². The van der Waals surface area contributed by atoms with Crippen molar-refractivity contribution in [2.75, 3.05) is 32.2 Å². The number of esters is 1. The van der Waals surface area contributed by atoms with E-state index < -0.39 is 48.3 Å². The molecule has 4 amide bonds. The number of nitrogens with two attached hydrogens (primary N) is 2. The Morgan fingerprint density at radius 3 is 2.24 bits per heavy atom. The standard InChI is InChI=1S/C36H53N5O7S.ClH/c1-36(2,3)26-20-25(15-16-30(26)42)21-27(37)34(46)40-28(17-19-49-5)35(47)39-23-31(43)41(18-11-7-10-14-32(44)48-4)29(33(38)45)22-24-12-8-6-9-13-24;/h6,8-9,12-13,15-16,20,27-29,42H,7,10-11,14,17-19,21-23,37H2,1-5H3,(H2,38,45)(H,39,47)(H,40,46);1H/t27-,28-,29+;/m1./s1. The van der Waals surface area contributed by atoms with Crippen LogP contribution in [-0.4, -0.2) is 89.9 Å². The summed E-state index contributed by atoms with van der Waals surface area (Å²) in [5.74, 6) is -1.86. The number of carbonyl (C=O) groups excluding carboxylic acids is 5. The molecule has 0 fully saturated rings. The van der Waals surface area contributed by atoms with Gasteiger partial charge in [0.1, 0.15) is 17.8 Å². The first kappa shape index (κ1) is 44.2. The maximum atomic E-state index is 13.6. The smallest absolute Gasteiger partial charge is 0.305 e. The number of phenols is 1. The Balaban J connectivity index is 0.0000125. The molecule has 2 aromatic carbocycles. The van der Waals surface area contributed by atoms with E-state index in [-0.39, 0.29) is 55.3 Å². The molecule has 0 aromatic heterocycles. The van der Waals surface area contributed by atoms with Gasteiger partial charge in [0, 0.05) is 19.4 Å². The fourth-order valence-electron chi connectivity index (χ4n) is 5.31. The topological polar surface area (TPSA) is 194 Å². The monoisotopic (exact) mass is 735 g/mol. The van der Waals surface area contributed by atoms with Gasteiger partial charge in [0.15, 0.2) is 0 Å². The number of carbonyl (C=O) groups is 5. The Morgan fingerprint density at radius 2 is 1.64 bits per heavy atom. The number of nitrogens with zero attached hydrogens (tertiary/aromatic N) is 1. The van der Waals surface area contributed by atoms with Gasteiger partial charge in [-0.1, -0.05) is 69.7 Å². The predicted octanol–water partition coefficient (Wildman–Crippen LogP) is 2.99. The second-order valence-electron chi connectivity index (χ2n) is 13.1. The lowest BCUT2D eigenvalue weighted by Crippen LogP contribution is -2.55. The fraction of sp³-hybridized carbons (Fsp3) is 0.528. The van der Waals surface area contributed by atoms with E-state index in [9.17, 15) is 29.1 Å². The third-order valence-corrected chi connectivity index (χ3v) is 8.77. The van der Waals surface area contributed by atoms with Gasteiger partial charge in [0.25, 0.3) is 0 Å². The number of benzene rings is 2. The van der Waals surface area contributed by atoms with Crippen LogP contribution in [0.1, 0.15) is 69.6 Å². The number of primary amides is 1. The average molecular weight is 736 g/mol. The van der Waals surface area contributed by atoms with Crippen LogP contribution < -0.4 is 22.1 Å². The van der Waals surface area contributed by atoms with E-state index in [1.54, 1.807) is 12.1 Å². The van der Waals surface area contributed by atoms with Crippen molar-refractivity contribution in [2.24, 2.45) is 11.5 Å². The molecule has 0 bridgehead atoms. The molecular weight excluding hydrogens is 682 g/mol. The second kappa shape index (κ2) is 22.1. The number of unbranched alkanes of at least 4 members (excludes halogenated alkanes) is 2. The molecule has 0 saturated heterocycles. The van der Waals surface area contributed by atoms with Gasteiger partial charge in [-0.3, -0.25) is 24.0 Å². The minimum Gasteiger partial charge on any atom is -0.508 e. The molecule has 0 aliphatic heterocycles. The quantitative estimate of drug-likeness (QED) is 0.100. The first-order valence-corrected chi connectivity index (χ1v) is 17.9. The van der Waals surface area contributed by atoms with Crippen LogP contribution in [-0.2, 0) is 47.0 Å². The predicted molar refractivity (Wildman–Crippen MR) is 199 cm³/mol. The average Bonchev–Trinajstić information content (AvgIpc) is 3.06. The summed E-state index contributed by atoms with van der Waals surface area (Å²) in [6, 6.07) is 11.4. The van der Waals surface area contributed by atoms with E-state index in [0.29, 0.717) is 31.4 Å². The van der Waals surface area contributed by atoms with Crippen molar-refractivity contribution in [3.8, 4) is 5.75 Å². The summed E-state index contributed by atoms with van der Waals surface area (Å²) in [4.78, 5) is 65.6. The molecule has 3 atom stereocenters. The van der Waals surface area contributed by atoms with Gasteiger partial charge in [-0.25, -0.2) is 0 Å². The minimum atomic E-state index is -0.965. The highest BCUT2D eigenvalue weighted by atomic mass is 35.5. The van der Waals surface area contributed by atoms with Gasteiger partial charge in [0.2, 0.25) is 23.6 Å². The molecule has 0 aliphatic rings. The maximum Gasteiger partial charge on any atom is 0.305 e. The number of ether oxygens (including phenoxy) is 1. The summed E-state index contributed by atoms with van der Waals surface area (Å²) in [7, 11) is 1.32. The van der Waals surface area contributed by atoms with Gasteiger partial charge < -0.3 is 36.8 Å². The number of hydrogen-bond donors (Lipinski definition) is 5. The van der Waals surface area contributed by atoms with Gasteiger partial charge >= 0.3 is 5.97 Å². The number of halogens is 1. The third kappa shape index (κ3) is 15.0. The zero-order valence-corrected chi connectivity index (χ0v) is 31.4. The molecule has 7 N–H and O–H groups in total. The number of aromatic hydroxyl groups is 1. The second-order valence-corrected chi connectivity index (χ2v) is 14.0. The van der Waals surface area contributed by atoms with E-state index >= 15 is 0 Å². The van der Waals surface area contributed by atoms with Crippen molar-refractivity contribution in [1.82, 2.24) is 15.5 Å². The number of phenolic OH excluding ortho intramolecular Hbond substituents is 1. The summed E-state index contributed by atoms with van der Waals surface area (Å²) in [5.41, 5.74) is 14.1. The Bertz CT molecular complexity index is 1410. The minimum absolute atomic E-state index is 0. The van der Waals surface area contributed by atoms with Crippen molar-refractivity contribution >= 4 is 53.8 Å². The summed E-state index contributed by atoms with van der Waals surface area (Å²) >= 11 is 1.50. The lowest BCUT2D eigenvalue weighted by molar-refractivity contribution is -0.141. The zero-order valence-electron chi connectivity index (χ0n) is 29.7. The fourth-order valence-corrected chi connectivity index (χ4v) is 5.79. The molecule has 2 aromatic rings. The van der Waals surface area contributed by atoms with Crippen LogP contribution in [0.3, 0.4) is 0 Å². The third-order valence-electron chi connectivity index (χ3n) is 8.12. The molecule has 0 radical (unpaired) electrons. The normalized spacial score (nSPS) is 12.8. The number of amides is 4. The first-order valence-electron chi connectivity index (χ1n) is 16.5. The van der Waals surface area contributed by atoms with Crippen LogP contribution in [0.4, 0.5) is 0 Å². The van der Waals surface area contributed by atoms with Crippen LogP contribution in [0.25, 0.3) is 0 Å². The SMILES string of the molecule is COC(=O)CCCCCN(C(=O)CNC(=O)[C@@H](CCSC)NC(=O)[C@H](N)Cc1ccc(O)c(C(C)(C)C)c1)[C@@H](Cc1ccccc1)C(N)=O.Cl. The first-order chi connectivity index (χ1) is 23.2. The van der Waals surface area contributed by atoms with Crippen molar-refractivity contribution in [3.63, 3.8) is 0 Å². The summed E-state index contributed by atoms with van der Waals surface area (Å²) < 4.78 is 4.69. The van der Waals surface area contributed by atoms with Crippen LogP contribution in [0, 0.1) is 0 Å². The summed E-state index contributed by atoms with van der Waals surface area (Å²) in [6.45, 7) is 5.69. The Labute approximate surface area is 306 Å². The highest BCUT2D eigenvalue weighted by Gasteiger charge is 2.30. The van der Waals surface area contributed by atoms with Gasteiger partial charge in [-0.15, -0.1) is 12.4 Å². The number of methoxy groups -OCH3 is 1. The number of thioether (sulfide) groups is 1. The molecular formula is C36H54ClN5O7S. The highest BCUT2D eigenvalue weighted by Crippen LogP contribution is 2.31. The van der Waals surface area contributed by atoms with Gasteiger partial charge in [-0.2, -0.15) is 11.8 Å². The molecule has 14 heteroatoms. The van der Waals surface area contributed by atoms with Gasteiger partial charge in [0.05, 0.1) is 19.7 Å². The molecule has 0 spiro atoms. The number of nitrogens with one attached hydrogen (secondary N) is 2. The van der Waals surface area contributed by atoms with Crippen LogP contribution >= 0.6 is 24.2 Å². The van der Waals surface area contributed by atoms with Crippen molar-refractivity contribution < 1.29 is 33.8 Å². The summed E-state index contributed by atoms with van der Waals surface area (Å²) in [5, 5.41) is 15.7. The molecule has 2 rings (SSSR count). The van der Waals surface area contributed by atoms with Crippen LogP contribution in [0.5, 0.6) is 5.75 Å². The molecule has 50 heavy (non-hydrogen) atoms. The summed E-state index contributed by atoms with van der Waals surface area (Å²) in [6.07, 6.45) is 4.46. The van der Waals surface area contributed by atoms with Crippen molar-refractivity contribution in [1.29, 1.82) is 0 Å². The molecule has 278 valence electrons. The van der Waals surface area contributed by atoms with Crippen LogP contribution in [0.15, 0.2) is 48.5 Å². The van der Waals surface area contributed by atoms with Crippen molar-refractivity contribution in [3.05, 3.63) is 65.2 Å². The Hall–Kier alpha value is -3.81. The largest absolute Gasteiger partial charge is 0.508 e. The Morgan fingerprint density at radius 1 is 0.960 bits per heavy atom. The van der Waals surface area contributed by atoms with E-state index in [2.05, 4.69) is 15.4 Å². The van der Waals surface area contributed by atoms with E-state index in [0.717, 1.165) is 16.7 Å². The lowest BCUT2D eigenvalue weighted by Gasteiger charge is -2.30. The molecule has 0 saturated carbocycles. The molecule has 0 aliphatic carbocycles. The molecule has 12 nitrogen and oxygen atoms in total. The van der Waals surface area contributed by atoms with Crippen LogP contribution in [0.2, 0.25) is 0 Å². The van der Waals surface area contributed by atoms with E-state index in [1.807, 2.05) is 63.4 Å². The molecule has 0 unspecified atom stereocenters. The molecule has 0 heterocycles. The zero-order chi connectivity index (χ0) is 36.6. The highest BCUT2D eigenvalue weighted by molar-refractivity contribution is 7.98. The number of hydrogen-bond acceptors (Lipinski definition) is 9. The Kier molecular flexibility index (Phi) is 19.5. The number of rotatable bonds is 20. The maximum absolute atomic E-state index is 13.6.